The molecule has 1 aliphatic carbocycles. The van der Waals surface area contributed by atoms with Gasteiger partial charge in [-0.2, -0.15) is 0 Å². The van der Waals surface area contributed by atoms with E-state index >= 15 is 0 Å². The molecule has 1 fully saturated rings. The average Bonchev–Trinajstić information content (AvgIpc) is 2.88. The Bertz CT molecular complexity index is 155. The van der Waals surface area contributed by atoms with Crippen molar-refractivity contribution in [2.24, 2.45) is 22.6 Å². The summed E-state index contributed by atoms with van der Waals surface area (Å²) in [6.45, 7) is 5.38. The molecule has 0 aromatic heterocycles. The molecule has 0 bridgehead atoms. The first-order chi connectivity index (χ1) is 5.77. The first-order valence-electron chi connectivity index (χ1n) is 5.07. The topological polar surface area (TPSA) is 38.4 Å². The average molecular weight is 168 g/mol. The van der Waals surface area contributed by atoms with E-state index in [1.54, 1.807) is 0 Å². The van der Waals surface area contributed by atoms with Gasteiger partial charge in [-0.3, -0.25) is 4.99 Å². The number of hydrogen-bond acceptors (Lipinski definition) is 1. The highest BCUT2D eigenvalue weighted by Gasteiger charge is 2.25. The summed E-state index contributed by atoms with van der Waals surface area (Å²) in [5, 5.41) is 0. The fourth-order valence-electron chi connectivity index (χ4n) is 1.29. The summed E-state index contributed by atoms with van der Waals surface area (Å²) in [4.78, 5) is 4.42. The van der Waals surface area contributed by atoms with Crippen molar-refractivity contribution in [2.45, 2.75) is 39.5 Å². The van der Waals surface area contributed by atoms with Gasteiger partial charge in [0.15, 0.2) is 0 Å². The Morgan fingerprint density at radius 2 is 2.00 bits per heavy atom. The first kappa shape index (κ1) is 9.56. The SMILES string of the molecule is CCC(CC)CN=C(N)C1CC1. The summed E-state index contributed by atoms with van der Waals surface area (Å²) in [5.74, 6) is 2.28. The van der Waals surface area contributed by atoms with Crippen molar-refractivity contribution in [3.63, 3.8) is 0 Å². The molecule has 2 heteroatoms. The minimum Gasteiger partial charge on any atom is -0.387 e. The van der Waals surface area contributed by atoms with E-state index in [4.69, 9.17) is 5.73 Å². The van der Waals surface area contributed by atoms with Gasteiger partial charge in [0.05, 0.1) is 5.84 Å². The van der Waals surface area contributed by atoms with E-state index in [2.05, 4.69) is 18.8 Å². The van der Waals surface area contributed by atoms with Gasteiger partial charge in [-0.15, -0.1) is 0 Å². The van der Waals surface area contributed by atoms with Crippen LogP contribution < -0.4 is 5.73 Å². The smallest absolute Gasteiger partial charge is 0.0968 e. The van der Waals surface area contributed by atoms with Crippen molar-refractivity contribution < 1.29 is 0 Å². The number of aliphatic imine (C=N–C) groups is 1. The standard InChI is InChI=1S/C10H20N2/c1-3-8(4-2)7-12-10(11)9-5-6-9/h8-9H,3-7H2,1-2H3,(H2,11,12). The number of nitrogens with zero attached hydrogens (tertiary/aromatic N) is 1. The van der Waals surface area contributed by atoms with E-state index in [0.29, 0.717) is 5.92 Å². The van der Waals surface area contributed by atoms with Gasteiger partial charge in [0, 0.05) is 12.5 Å². The molecule has 0 saturated heterocycles. The molecule has 0 unspecified atom stereocenters. The van der Waals surface area contributed by atoms with Crippen LogP contribution >= 0.6 is 0 Å². The lowest BCUT2D eigenvalue weighted by atomic mass is 10.0. The highest BCUT2D eigenvalue weighted by molar-refractivity contribution is 5.84. The van der Waals surface area contributed by atoms with Crippen LogP contribution in [-0.2, 0) is 0 Å². The normalized spacial score (nSPS) is 18.8. The van der Waals surface area contributed by atoms with Gasteiger partial charge in [-0.25, -0.2) is 0 Å². The molecule has 0 atom stereocenters. The molecule has 0 amide bonds. The summed E-state index contributed by atoms with van der Waals surface area (Å²) in [6.07, 6.45) is 4.96. The van der Waals surface area contributed by atoms with Gasteiger partial charge in [-0.05, 0) is 18.8 Å². The van der Waals surface area contributed by atoms with Crippen LogP contribution in [0.1, 0.15) is 39.5 Å². The van der Waals surface area contributed by atoms with Crippen LogP contribution in [0.15, 0.2) is 4.99 Å². The second-order valence-corrected chi connectivity index (χ2v) is 3.72. The summed E-state index contributed by atoms with van der Waals surface area (Å²) in [6, 6.07) is 0. The van der Waals surface area contributed by atoms with Crippen LogP contribution in [0.2, 0.25) is 0 Å². The predicted molar refractivity (Wildman–Crippen MR) is 53.3 cm³/mol. The molecule has 70 valence electrons. The molecular weight excluding hydrogens is 148 g/mol. The van der Waals surface area contributed by atoms with Gasteiger partial charge < -0.3 is 5.73 Å². The van der Waals surface area contributed by atoms with Crippen LogP contribution in [0, 0.1) is 11.8 Å². The van der Waals surface area contributed by atoms with Gasteiger partial charge in [0.1, 0.15) is 0 Å². The van der Waals surface area contributed by atoms with Crippen molar-refractivity contribution in [2.75, 3.05) is 6.54 Å². The fourth-order valence-corrected chi connectivity index (χ4v) is 1.29. The molecule has 0 heterocycles. The van der Waals surface area contributed by atoms with E-state index in [1.165, 1.54) is 25.7 Å². The Kier molecular flexibility index (Phi) is 3.57. The van der Waals surface area contributed by atoms with Crippen LogP contribution in [0.3, 0.4) is 0 Å². The van der Waals surface area contributed by atoms with Crippen molar-refractivity contribution in [1.29, 1.82) is 0 Å². The monoisotopic (exact) mass is 168 g/mol. The Balaban J connectivity index is 2.24. The van der Waals surface area contributed by atoms with Crippen LogP contribution in [0.5, 0.6) is 0 Å². The largest absolute Gasteiger partial charge is 0.387 e. The second-order valence-electron chi connectivity index (χ2n) is 3.72. The fraction of sp³-hybridized carbons (Fsp3) is 0.900. The molecule has 0 aromatic carbocycles. The maximum atomic E-state index is 5.79. The molecule has 0 aromatic rings. The highest BCUT2D eigenvalue weighted by atomic mass is 14.9. The lowest BCUT2D eigenvalue weighted by Crippen LogP contribution is -2.16. The lowest BCUT2D eigenvalue weighted by molar-refractivity contribution is 0.505. The summed E-state index contributed by atoms with van der Waals surface area (Å²) >= 11 is 0. The zero-order valence-electron chi connectivity index (χ0n) is 8.21. The van der Waals surface area contributed by atoms with Crippen LogP contribution in [-0.4, -0.2) is 12.4 Å². The van der Waals surface area contributed by atoms with Gasteiger partial charge in [0.2, 0.25) is 0 Å². The summed E-state index contributed by atoms with van der Waals surface area (Å²) in [5.41, 5.74) is 5.79. The molecule has 2 N–H and O–H groups in total. The van der Waals surface area contributed by atoms with E-state index < -0.39 is 0 Å². The first-order valence-corrected chi connectivity index (χ1v) is 5.07. The maximum absolute atomic E-state index is 5.79. The molecule has 0 radical (unpaired) electrons. The highest BCUT2D eigenvalue weighted by Crippen LogP contribution is 2.28. The molecule has 12 heavy (non-hydrogen) atoms. The molecule has 0 aliphatic heterocycles. The van der Waals surface area contributed by atoms with E-state index in [1.807, 2.05) is 0 Å². The number of amidine groups is 1. The van der Waals surface area contributed by atoms with Crippen molar-refractivity contribution >= 4 is 5.84 Å². The minimum atomic E-state index is 0.638. The number of hydrogen-bond donors (Lipinski definition) is 1. The van der Waals surface area contributed by atoms with E-state index in [-0.39, 0.29) is 0 Å². The minimum absolute atomic E-state index is 0.638. The zero-order valence-corrected chi connectivity index (χ0v) is 8.21. The third-order valence-electron chi connectivity index (χ3n) is 2.68. The Morgan fingerprint density at radius 3 is 2.42 bits per heavy atom. The third-order valence-corrected chi connectivity index (χ3v) is 2.68. The van der Waals surface area contributed by atoms with Crippen molar-refractivity contribution in [3.8, 4) is 0 Å². The van der Waals surface area contributed by atoms with E-state index in [9.17, 15) is 0 Å². The lowest BCUT2D eigenvalue weighted by Gasteiger charge is -2.08. The Hall–Kier alpha value is -0.530. The maximum Gasteiger partial charge on any atom is 0.0968 e. The summed E-state index contributed by atoms with van der Waals surface area (Å²) < 4.78 is 0. The predicted octanol–water partition coefficient (Wildman–Crippen LogP) is 2.19. The van der Waals surface area contributed by atoms with Crippen molar-refractivity contribution in [3.05, 3.63) is 0 Å². The number of nitrogens with two attached hydrogens (primary N) is 1. The van der Waals surface area contributed by atoms with Gasteiger partial charge >= 0.3 is 0 Å². The van der Waals surface area contributed by atoms with Crippen molar-refractivity contribution in [1.82, 2.24) is 0 Å². The Morgan fingerprint density at radius 1 is 1.42 bits per heavy atom. The van der Waals surface area contributed by atoms with Crippen LogP contribution in [0.4, 0.5) is 0 Å². The Labute approximate surface area is 75.3 Å². The van der Waals surface area contributed by atoms with Gasteiger partial charge in [0.25, 0.3) is 0 Å². The summed E-state index contributed by atoms with van der Waals surface area (Å²) in [7, 11) is 0. The van der Waals surface area contributed by atoms with Crippen LogP contribution in [0.25, 0.3) is 0 Å². The quantitative estimate of drug-likeness (QED) is 0.496. The molecule has 1 rings (SSSR count). The third kappa shape index (κ3) is 2.84. The molecular formula is C10H20N2. The molecule has 0 spiro atoms. The second kappa shape index (κ2) is 4.48. The molecule has 1 saturated carbocycles. The molecule has 1 aliphatic rings. The zero-order chi connectivity index (χ0) is 8.97. The van der Waals surface area contributed by atoms with E-state index in [0.717, 1.165) is 18.3 Å². The van der Waals surface area contributed by atoms with Gasteiger partial charge in [-0.1, -0.05) is 26.7 Å². The number of rotatable bonds is 5. The molecule has 2 nitrogen and oxygen atoms in total.